The lowest BCUT2D eigenvalue weighted by Crippen LogP contribution is -2.30. The first-order valence-electron chi connectivity index (χ1n) is 6.47. The largest absolute Gasteiger partial charge is 0.366 e. The number of hydrogen-bond acceptors (Lipinski definition) is 2. The second-order valence-corrected chi connectivity index (χ2v) is 5.73. The number of halogens is 2. The molecule has 0 aliphatic heterocycles. The number of hydrogen-bond donors (Lipinski definition) is 1. The summed E-state index contributed by atoms with van der Waals surface area (Å²) in [5.41, 5.74) is 9.21. The van der Waals surface area contributed by atoms with E-state index in [1.54, 1.807) is 12.1 Å². The minimum Gasteiger partial charge on any atom is -0.366 e. The maximum atomic E-state index is 13.4. The van der Waals surface area contributed by atoms with Crippen molar-refractivity contribution >= 4 is 21.6 Å². The van der Waals surface area contributed by atoms with Crippen LogP contribution < -0.4 is 10.6 Å². The van der Waals surface area contributed by atoms with E-state index in [1.807, 2.05) is 19.2 Å². The van der Waals surface area contributed by atoms with Crippen LogP contribution in [0.5, 0.6) is 0 Å². The summed E-state index contributed by atoms with van der Waals surface area (Å²) in [5.74, 6) is -0.261. The summed E-state index contributed by atoms with van der Waals surface area (Å²) in [6, 6.07) is 13.3. The van der Waals surface area contributed by atoms with Gasteiger partial charge in [-0.25, -0.2) is 4.39 Å². The number of benzene rings is 2. The van der Waals surface area contributed by atoms with E-state index in [9.17, 15) is 4.39 Å². The molecule has 2 aromatic rings. The van der Waals surface area contributed by atoms with Crippen LogP contribution in [0.3, 0.4) is 0 Å². The summed E-state index contributed by atoms with van der Waals surface area (Å²) < 4.78 is 13.8. The first-order chi connectivity index (χ1) is 9.52. The average Bonchev–Trinajstić information content (AvgIpc) is 2.43. The van der Waals surface area contributed by atoms with Gasteiger partial charge in [-0.15, -0.1) is 0 Å². The molecule has 1 atom stereocenters. The van der Waals surface area contributed by atoms with Crippen molar-refractivity contribution in [3.05, 3.63) is 63.9 Å². The van der Waals surface area contributed by atoms with Crippen LogP contribution in [0.25, 0.3) is 0 Å². The molecule has 0 fully saturated rings. The van der Waals surface area contributed by atoms with E-state index in [0.29, 0.717) is 11.0 Å². The highest BCUT2D eigenvalue weighted by molar-refractivity contribution is 9.10. The van der Waals surface area contributed by atoms with E-state index in [0.717, 1.165) is 11.3 Å². The SMILES string of the molecule is Cc1cccc(N(C)C(CN)c2ccc(F)c(Br)c2)c1. The van der Waals surface area contributed by atoms with Crippen molar-refractivity contribution in [2.75, 3.05) is 18.5 Å². The molecule has 0 spiro atoms. The summed E-state index contributed by atoms with van der Waals surface area (Å²) in [5, 5.41) is 0. The fourth-order valence-corrected chi connectivity index (χ4v) is 2.66. The van der Waals surface area contributed by atoms with E-state index in [-0.39, 0.29) is 11.9 Å². The normalized spacial score (nSPS) is 12.2. The van der Waals surface area contributed by atoms with E-state index in [2.05, 4.69) is 39.9 Å². The fraction of sp³-hybridized carbons (Fsp3) is 0.250. The van der Waals surface area contributed by atoms with E-state index in [4.69, 9.17) is 5.73 Å². The lowest BCUT2D eigenvalue weighted by atomic mass is 10.0. The lowest BCUT2D eigenvalue weighted by Gasteiger charge is -2.30. The Morgan fingerprint density at radius 1 is 1.25 bits per heavy atom. The summed E-state index contributed by atoms with van der Waals surface area (Å²) in [7, 11) is 2.00. The standard InChI is InChI=1S/C16H18BrFN2/c1-11-4-3-5-13(8-11)20(2)16(10-19)12-6-7-15(18)14(17)9-12/h3-9,16H,10,19H2,1-2H3. The van der Waals surface area contributed by atoms with Gasteiger partial charge in [0.25, 0.3) is 0 Å². The Bertz CT molecular complexity index is 601. The smallest absolute Gasteiger partial charge is 0.137 e. The van der Waals surface area contributed by atoms with Gasteiger partial charge in [0, 0.05) is 19.3 Å². The van der Waals surface area contributed by atoms with Crippen molar-refractivity contribution in [3.8, 4) is 0 Å². The number of likely N-dealkylation sites (N-methyl/N-ethyl adjacent to an activating group) is 1. The molecule has 0 aliphatic rings. The van der Waals surface area contributed by atoms with Crippen LogP contribution in [0, 0.1) is 12.7 Å². The molecule has 0 heterocycles. The third-order valence-corrected chi connectivity index (χ3v) is 4.04. The number of nitrogens with two attached hydrogens (primary N) is 1. The van der Waals surface area contributed by atoms with Gasteiger partial charge in [0.2, 0.25) is 0 Å². The zero-order chi connectivity index (χ0) is 14.7. The number of nitrogens with zero attached hydrogens (tertiary/aromatic N) is 1. The van der Waals surface area contributed by atoms with E-state index >= 15 is 0 Å². The van der Waals surface area contributed by atoms with Gasteiger partial charge in [-0.1, -0.05) is 18.2 Å². The molecule has 1 unspecified atom stereocenters. The third-order valence-electron chi connectivity index (χ3n) is 3.43. The Labute approximate surface area is 127 Å². The summed E-state index contributed by atoms with van der Waals surface area (Å²) in [6.07, 6.45) is 0. The zero-order valence-corrected chi connectivity index (χ0v) is 13.2. The number of rotatable bonds is 4. The first kappa shape index (κ1) is 15.0. The van der Waals surface area contributed by atoms with Crippen molar-refractivity contribution in [3.63, 3.8) is 0 Å². The average molecular weight is 337 g/mol. The van der Waals surface area contributed by atoms with Gasteiger partial charge in [-0.3, -0.25) is 0 Å². The Morgan fingerprint density at radius 2 is 2.00 bits per heavy atom. The molecule has 20 heavy (non-hydrogen) atoms. The van der Waals surface area contributed by atoms with Crippen LogP contribution in [0.1, 0.15) is 17.2 Å². The zero-order valence-electron chi connectivity index (χ0n) is 11.6. The molecular formula is C16H18BrFN2. The van der Waals surface area contributed by atoms with Gasteiger partial charge in [0.1, 0.15) is 5.82 Å². The van der Waals surface area contributed by atoms with Gasteiger partial charge < -0.3 is 10.6 Å². The lowest BCUT2D eigenvalue weighted by molar-refractivity contribution is 0.616. The van der Waals surface area contributed by atoms with Gasteiger partial charge in [-0.2, -0.15) is 0 Å². The summed E-state index contributed by atoms with van der Waals surface area (Å²) in [6.45, 7) is 2.52. The van der Waals surface area contributed by atoms with Gasteiger partial charge in [0.15, 0.2) is 0 Å². The van der Waals surface area contributed by atoms with Crippen LogP contribution in [-0.4, -0.2) is 13.6 Å². The minimum absolute atomic E-state index is 0.00806. The highest BCUT2D eigenvalue weighted by Gasteiger charge is 2.17. The molecule has 4 heteroatoms. The second kappa shape index (κ2) is 6.37. The van der Waals surface area contributed by atoms with Crippen LogP contribution >= 0.6 is 15.9 Å². The molecule has 0 radical (unpaired) electrons. The predicted molar refractivity (Wildman–Crippen MR) is 85.5 cm³/mol. The molecule has 0 bridgehead atoms. The van der Waals surface area contributed by atoms with Crippen molar-refractivity contribution in [1.29, 1.82) is 0 Å². The van der Waals surface area contributed by atoms with Crippen molar-refractivity contribution < 1.29 is 4.39 Å². The Hall–Kier alpha value is -1.39. The highest BCUT2D eigenvalue weighted by atomic mass is 79.9. The molecule has 0 amide bonds. The molecule has 2 nitrogen and oxygen atoms in total. The molecular weight excluding hydrogens is 319 g/mol. The van der Waals surface area contributed by atoms with Crippen molar-refractivity contribution in [2.45, 2.75) is 13.0 Å². The Morgan fingerprint density at radius 3 is 2.60 bits per heavy atom. The van der Waals surface area contributed by atoms with Gasteiger partial charge >= 0.3 is 0 Å². The molecule has 2 rings (SSSR count). The van der Waals surface area contributed by atoms with E-state index in [1.165, 1.54) is 11.6 Å². The molecule has 2 N–H and O–H groups in total. The minimum atomic E-state index is -0.261. The predicted octanol–water partition coefficient (Wildman–Crippen LogP) is 4.03. The molecule has 0 aromatic heterocycles. The maximum Gasteiger partial charge on any atom is 0.137 e. The third kappa shape index (κ3) is 3.19. The van der Waals surface area contributed by atoms with Crippen LogP contribution in [0.2, 0.25) is 0 Å². The molecule has 0 aliphatic carbocycles. The first-order valence-corrected chi connectivity index (χ1v) is 7.26. The van der Waals surface area contributed by atoms with Crippen LogP contribution in [0.15, 0.2) is 46.9 Å². The second-order valence-electron chi connectivity index (χ2n) is 4.87. The summed E-state index contributed by atoms with van der Waals surface area (Å²) >= 11 is 3.23. The number of aryl methyl sites for hydroxylation is 1. The monoisotopic (exact) mass is 336 g/mol. The molecule has 0 saturated heterocycles. The van der Waals surface area contributed by atoms with E-state index < -0.39 is 0 Å². The van der Waals surface area contributed by atoms with Crippen molar-refractivity contribution in [1.82, 2.24) is 0 Å². The van der Waals surface area contributed by atoms with Crippen LogP contribution in [0.4, 0.5) is 10.1 Å². The van der Waals surface area contributed by atoms with Gasteiger partial charge in [0.05, 0.1) is 10.5 Å². The molecule has 0 saturated carbocycles. The van der Waals surface area contributed by atoms with Crippen LogP contribution in [-0.2, 0) is 0 Å². The highest BCUT2D eigenvalue weighted by Crippen LogP contribution is 2.28. The Kier molecular flexibility index (Phi) is 4.78. The molecule has 2 aromatic carbocycles. The quantitative estimate of drug-likeness (QED) is 0.913. The maximum absolute atomic E-state index is 13.4. The summed E-state index contributed by atoms with van der Waals surface area (Å²) in [4.78, 5) is 2.12. The fourth-order valence-electron chi connectivity index (χ4n) is 2.26. The Balaban J connectivity index is 2.33. The molecule has 106 valence electrons. The van der Waals surface area contributed by atoms with Crippen molar-refractivity contribution in [2.24, 2.45) is 5.73 Å². The number of anilines is 1. The van der Waals surface area contributed by atoms with Gasteiger partial charge in [-0.05, 0) is 58.2 Å². The topological polar surface area (TPSA) is 29.3 Å².